The van der Waals surface area contributed by atoms with Gasteiger partial charge in [0.1, 0.15) is 23.1 Å². The summed E-state index contributed by atoms with van der Waals surface area (Å²) < 4.78 is 18.6. The van der Waals surface area contributed by atoms with Gasteiger partial charge in [-0.05, 0) is 50.5 Å². The van der Waals surface area contributed by atoms with E-state index in [-0.39, 0.29) is 6.54 Å². The molecule has 0 atom stereocenters. The lowest BCUT2D eigenvalue weighted by molar-refractivity contribution is 0.139. The third-order valence-electron chi connectivity index (χ3n) is 6.06. The van der Waals surface area contributed by atoms with Gasteiger partial charge in [0.2, 0.25) is 0 Å². The zero-order chi connectivity index (χ0) is 21.6. The number of aromatic nitrogens is 5. The molecule has 0 bridgehead atoms. The lowest BCUT2D eigenvalue weighted by atomic mass is 9.99. The SMILES string of the molecule is Cc1cn2ccc(-c3nc(C#N)c(C)cc3-c3cnn(CC4(F)CCCC4)c3)cc2n1. The van der Waals surface area contributed by atoms with Gasteiger partial charge in [-0.15, -0.1) is 0 Å². The van der Waals surface area contributed by atoms with Gasteiger partial charge in [0.25, 0.3) is 0 Å². The molecule has 1 aliphatic rings. The van der Waals surface area contributed by atoms with E-state index in [1.807, 2.05) is 55.0 Å². The zero-order valence-corrected chi connectivity index (χ0v) is 17.6. The smallest absolute Gasteiger partial charge is 0.144 e. The standard InChI is InChI=1S/C24H23FN6/c1-16-9-20(19-12-27-31(14-19)15-24(25)6-3-4-7-24)23(29-21(16)11-26)18-5-8-30-13-17(2)28-22(30)10-18/h5,8-10,12-14H,3-4,6-7,15H2,1-2H3. The van der Waals surface area contributed by atoms with Crippen molar-refractivity contribution in [1.29, 1.82) is 5.26 Å². The molecule has 0 radical (unpaired) electrons. The number of pyridine rings is 2. The summed E-state index contributed by atoms with van der Waals surface area (Å²) in [7, 11) is 0. The Morgan fingerprint density at radius 3 is 2.71 bits per heavy atom. The Morgan fingerprint density at radius 2 is 1.94 bits per heavy atom. The van der Waals surface area contributed by atoms with Crippen molar-refractivity contribution in [3.63, 3.8) is 0 Å². The number of rotatable bonds is 4. The van der Waals surface area contributed by atoms with Crippen LogP contribution in [0, 0.1) is 25.2 Å². The first-order valence-corrected chi connectivity index (χ1v) is 10.5. The Bertz CT molecular complexity index is 1320. The van der Waals surface area contributed by atoms with Crippen molar-refractivity contribution in [3.05, 3.63) is 59.9 Å². The fraction of sp³-hybridized carbons (Fsp3) is 0.333. The van der Waals surface area contributed by atoms with Crippen LogP contribution in [0.4, 0.5) is 4.39 Å². The quantitative estimate of drug-likeness (QED) is 0.469. The number of halogens is 1. The van der Waals surface area contributed by atoms with Crippen LogP contribution in [0.5, 0.6) is 0 Å². The van der Waals surface area contributed by atoms with Crippen molar-refractivity contribution >= 4 is 5.65 Å². The van der Waals surface area contributed by atoms with E-state index in [0.29, 0.717) is 24.2 Å². The van der Waals surface area contributed by atoms with Gasteiger partial charge in [-0.3, -0.25) is 4.68 Å². The maximum atomic E-state index is 14.9. The lowest BCUT2D eigenvalue weighted by Gasteiger charge is -2.18. The number of fused-ring (bicyclic) bond motifs is 1. The predicted octanol–water partition coefficient (Wildman–Crippen LogP) is 5.03. The van der Waals surface area contributed by atoms with E-state index in [0.717, 1.165) is 46.4 Å². The number of aryl methyl sites for hydroxylation is 2. The molecule has 6 nitrogen and oxygen atoms in total. The van der Waals surface area contributed by atoms with Gasteiger partial charge in [-0.25, -0.2) is 14.4 Å². The maximum absolute atomic E-state index is 14.9. The van der Waals surface area contributed by atoms with Crippen LogP contribution < -0.4 is 0 Å². The third-order valence-corrected chi connectivity index (χ3v) is 6.06. The highest BCUT2D eigenvalue weighted by Crippen LogP contribution is 2.36. The second-order valence-electron chi connectivity index (χ2n) is 8.51. The van der Waals surface area contributed by atoms with E-state index >= 15 is 0 Å². The lowest BCUT2D eigenvalue weighted by Crippen LogP contribution is -2.25. The maximum Gasteiger partial charge on any atom is 0.144 e. The Kier molecular flexibility index (Phi) is 4.58. The van der Waals surface area contributed by atoms with Crippen LogP contribution in [0.3, 0.4) is 0 Å². The molecule has 4 aromatic rings. The second-order valence-corrected chi connectivity index (χ2v) is 8.51. The molecule has 1 aliphatic carbocycles. The first-order chi connectivity index (χ1) is 14.9. The monoisotopic (exact) mass is 414 g/mol. The molecule has 0 unspecified atom stereocenters. The van der Waals surface area contributed by atoms with E-state index in [1.165, 1.54) is 0 Å². The summed E-state index contributed by atoms with van der Waals surface area (Å²) in [4.78, 5) is 9.21. The van der Waals surface area contributed by atoms with E-state index in [1.54, 1.807) is 10.9 Å². The molecule has 31 heavy (non-hydrogen) atoms. The number of nitriles is 1. The molecule has 5 rings (SSSR count). The van der Waals surface area contributed by atoms with Gasteiger partial charge in [0, 0.05) is 35.3 Å². The molecular formula is C24H23FN6. The molecule has 1 saturated carbocycles. The number of imidazole rings is 1. The van der Waals surface area contributed by atoms with Crippen LogP contribution in [0.25, 0.3) is 28.0 Å². The largest absolute Gasteiger partial charge is 0.307 e. The molecule has 1 fully saturated rings. The fourth-order valence-corrected chi connectivity index (χ4v) is 4.47. The van der Waals surface area contributed by atoms with Gasteiger partial charge < -0.3 is 4.40 Å². The predicted molar refractivity (Wildman–Crippen MR) is 116 cm³/mol. The van der Waals surface area contributed by atoms with Crippen molar-refractivity contribution in [2.24, 2.45) is 0 Å². The van der Waals surface area contributed by atoms with Gasteiger partial charge in [0.05, 0.1) is 24.1 Å². The second kappa shape index (κ2) is 7.31. The van der Waals surface area contributed by atoms with Crippen LogP contribution in [0.1, 0.15) is 42.6 Å². The minimum absolute atomic E-state index is 0.268. The van der Waals surface area contributed by atoms with Gasteiger partial charge in [-0.2, -0.15) is 10.4 Å². The summed E-state index contributed by atoms with van der Waals surface area (Å²) in [5, 5.41) is 14.0. The third kappa shape index (κ3) is 3.59. The fourth-order valence-electron chi connectivity index (χ4n) is 4.47. The van der Waals surface area contributed by atoms with Crippen molar-refractivity contribution in [3.8, 4) is 28.5 Å². The van der Waals surface area contributed by atoms with Crippen LogP contribution in [0.15, 0.2) is 43.0 Å². The van der Waals surface area contributed by atoms with Crippen molar-refractivity contribution in [2.75, 3.05) is 0 Å². The summed E-state index contributed by atoms with van der Waals surface area (Å²) >= 11 is 0. The van der Waals surface area contributed by atoms with Crippen molar-refractivity contribution in [2.45, 2.75) is 51.7 Å². The summed E-state index contributed by atoms with van der Waals surface area (Å²) in [5.41, 5.74) is 5.05. The summed E-state index contributed by atoms with van der Waals surface area (Å²) in [6.45, 7) is 4.09. The minimum atomic E-state index is -1.17. The Morgan fingerprint density at radius 1 is 1.13 bits per heavy atom. The van der Waals surface area contributed by atoms with Crippen molar-refractivity contribution < 1.29 is 4.39 Å². The van der Waals surface area contributed by atoms with Crippen LogP contribution in [-0.2, 0) is 6.54 Å². The molecule has 0 N–H and O–H groups in total. The Hall–Kier alpha value is -3.53. The van der Waals surface area contributed by atoms with Crippen LogP contribution in [0.2, 0.25) is 0 Å². The molecule has 7 heteroatoms. The Balaban J connectivity index is 1.60. The molecule has 4 aromatic heterocycles. The highest BCUT2D eigenvalue weighted by molar-refractivity contribution is 5.82. The number of alkyl halides is 1. The molecule has 156 valence electrons. The highest BCUT2D eigenvalue weighted by Gasteiger charge is 2.34. The van der Waals surface area contributed by atoms with Gasteiger partial charge in [0.15, 0.2) is 0 Å². The number of hydrogen-bond acceptors (Lipinski definition) is 4. The molecule has 0 saturated heterocycles. The zero-order valence-electron chi connectivity index (χ0n) is 17.6. The highest BCUT2D eigenvalue weighted by atomic mass is 19.1. The minimum Gasteiger partial charge on any atom is -0.307 e. The van der Waals surface area contributed by atoms with E-state index in [2.05, 4.69) is 21.1 Å². The van der Waals surface area contributed by atoms with E-state index in [9.17, 15) is 9.65 Å². The number of hydrogen-bond donors (Lipinski definition) is 0. The first kappa shape index (κ1) is 19.4. The molecule has 0 spiro atoms. The van der Waals surface area contributed by atoms with E-state index in [4.69, 9.17) is 0 Å². The average molecular weight is 414 g/mol. The topological polar surface area (TPSA) is 71.8 Å². The van der Waals surface area contributed by atoms with Gasteiger partial charge in [-0.1, -0.05) is 12.8 Å². The van der Waals surface area contributed by atoms with Crippen LogP contribution in [-0.4, -0.2) is 29.8 Å². The van der Waals surface area contributed by atoms with Crippen molar-refractivity contribution in [1.82, 2.24) is 24.1 Å². The summed E-state index contributed by atoms with van der Waals surface area (Å²) in [5.74, 6) is 0. The van der Waals surface area contributed by atoms with E-state index < -0.39 is 5.67 Å². The first-order valence-electron chi connectivity index (χ1n) is 10.5. The molecule has 0 aromatic carbocycles. The molecule has 0 amide bonds. The molecule has 4 heterocycles. The Labute approximate surface area is 180 Å². The summed E-state index contributed by atoms with van der Waals surface area (Å²) in [6.07, 6.45) is 10.6. The number of nitrogens with zero attached hydrogens (tertiary/aromatic N) is 6. The average Bonchev–Trinajstić information content (AvgIpc) is 3.47. The molecular weight excluding hydrogens is 391 g/mol. The summed E-state index contributed by atoms with van der Waals surface area (Å²) in [6, 6.07) is 8.08. The van der Waals surface area contributed by atoms with Gasteiger partial charge >= 0.3 is 0 Å². The van der Waals surface area contributed by atoms with Crippen LogP contribution >= 0.6 is 0 Å². The normalized spacial score (nSPS) is 15.4. The molecule has 0 aliphatic heterocycles.